The first-order valence-corrected chi connectivity index (χ1v) is 4.57. The quantitative estimate of drug-likeness (QED) is 0.624. The molecule has 2 aliphatic carbocycles. The Labute approximate surface area is 72.3 Å². The Bertz CT molecular complexity index is 257. The Kier molecular flexibility index (Phi) is 1.45. The third-order valence-corrected chi connectivity index (χ3v) is 3.21. The van der Waals surface area contributed by atoms with Gasteiger partial charge in [-0.1, -0.05) is 6.92 Å². The van der Waals surface area contributed by atoms with Crippen LogP contribution in [0.1, 0.15) is 33.1 Å². The number of hydrogen-bond donors (Lipinski definition) is 0. The first kappa shape index (κ1) is 7.96. The Morgan fingerprint density at radius 1 is 1.67 bits per heavy atom. The van der Waals surface area contributed by atoms with Crippen molar-refractivity contribution >= 4 is 11.6 Å². The Balaban J connectivity index is 2.12. The maximum atomic E-state index is 11.7. The van der Waals surface area contributed by atoms with Crippen LogP contribution in [-0.2, 0) is 9.59 Å². The molecule has 0 spiro atoms. The van der Waals surface area contributed by atoms with Crippen LogP contribution in [0.2, 0.25) is 0 Å². The normalized spacial score (nSPS) is 44.3. The van der Waals surface area contributed by atoms with E-state index >= 15 is 0 Å². The average Bonchev–Trinajstić information content (AvgIpc) is 2.58. The van der Waals surface area contributed by atoms with Gasteiger partial charge >= 0.3 is 0 Å². The molecule has 3 atom stereocenters. The molecular formula is C10H14O2. The van der Waals surface area contributed by atoms with E-state index < -0.39 is 0 Å². The summed E-state index contributed by atoms with van der Waals surface area (Å²) in [5.74, 6) is 1.45. The van der Waals surface area contributed by atoms with E-state index in [4.69, 9.17) is 0 Å². The van der Waals surface area contributed by atoms with E-state index in [1.165, 1.54) is 0 Å². The van der Waals surface area contributed by atoms with Crippen LogP contribution < -0.4 is 0 Å². The fourth-order valence-electron chi connectivity index (χ4n) is 2.63. The molecule has 0 N–H and O–H groups in total. The number of rotatable bonds is 2. The van der Waals surface area contributed by atoms with Crippen molar-refractivity contribution in [3.05, 3.63) is 0 Å². The third-order valence-electron chi connectivity index (χ3n) is 3.21. The highest BCUT2D eigenvalue weighted by Crippen LogP contribution is 2.58. The molecule has 0 saturated heterocycles. The van der Waals surface area contributed by atoms with Crippen LogP contribution in [0, 0.1) is 17.3 Å². The van der Waals surface area contributed by atoms with Crippen LogP contribution in [0.15, 0.2) is 0 Å². The number of Topliss-reactive ketones (excluding diaryl/α,β-unsaturated/α-hetero) is 2. The fourth-order valence-corrected chi connectivity index (χ4v) is 2.63. The molecule has 0 aliphatic heterocycles. The van der Waals surface area contributed by atoms with Crippen molar-refractivity contribution in [3.8, 4) is 0 Å². The summed E-state index contributed by atoms with van der Waals surface area (Å²) in [4.78, 5) is 22.6. The maximum absolute atomic E-state index is 11.7. The maximum Gasteiger partial charge on any atom is 0.142 e. The summed E-state index contributed by atoms with van der Waals surface area (Å²) in [6.45, 7) is 3.52. The van der Waals surface area contributed by atoms with Gasteiger partial charge < -0.3 is 0 Å². The fraction of sp³-hybridized carbons (Fsp3) is 0.800. The van der Waals surface area contributed by atoms with Crippen molar-refractivity contribution in [3.63, 3.8) is 0 Å². The molecule has 2 saturated carbocycles. The summed E-state index contributed by atoms with van der Waals surface area (Å²) in [5, 5.41) is 0. The number of ketones is 2. The van der Waals surface area contributed by atoms with Crippen molar-refractivity contribution in [2.24, 2.45) is 17.3 Å². The molecular weight excluding hydrogens is 152 g/mol. The van der Waals surface area contributed by atoms with Crippen molar-refractivity contribution in [2.45, 2.75) is 33.1 Å². The van der Waals surface area contributed by atoms with Gasteiger partial charge in [-0.05, 0) is 25.7 Å². The SMILES string of the molecule is CC(=O)CC1(C)CC2CC2C1=O. The van der Waals surface area contributed by atoms with Crippen molar-refractivity contribution < 1.29 is 9.59 Å². The molecule has 2 heteroatoms. The van der Waals surface area contributed by atoms with Gasteiger partial charge in [0.15, 0.2) is 0 Å². The smallest absolute Gasteiger partial charge is 0.142 e. The van der Waals surface area contributed by atoms with E-state index in [2.05, 4.69) is 0 Å². The third kappa shape index (κ3) is 1.01. The molecule has 0 aromatic rings. The van der Waals surface area contributed by atoms with E-state index in [0.717, 1.165) is 12.8 Å². The first-order valence-electron chi connectivity index (χ1n) is 4.57. The molecule has 2 fully saturated rings. The van der Waals surface area contributed by atoms with E-state index in [0.29, 0.717) is 24.0 Å². The Hall–Kier alpha value is -0.660. The molecule has 2 rings (SSSR count). The van der Waals surface area contributed by atoms with Gasteiger partial charge in [-0.15, -0.1) is 0 Å². The van der Waals surface area contributed by atoms with Crippen LogP contribution in [0.5, 0.6) is 0 Å². The highest BCUT2D eigenvalue weighted by molar-refractivity contribution is 5.95. The lowest BCUT2D eigenvalue weighted by Crippen LogP contribution is -2.27. The zero-order valence-corrected chi connectivity index (χ0v) is 7.59. The summed E-state index contributed by atoms with van der Waals surface area (Å²) >= 11 is 0. The van der Waals surface area contributed by atoms with E-state index in [9.17, 15) is 9.59 Å². The number of carbonyl (C=O) groups excluding carboxylic acids is 2. The standard InChI is InChI=1S/C10H14O2/c1-6(11)4-10(2)5-7-3-8(7)9(10)12/h7-8H,3-5H2,1-2H3. The summed E-state index contributed by atoms with van der Waals surface area (Å²) in [6, 6.07) is 0. The molecule has 12 heavy (non-hydrogen) atoms. The minimum atomic E-state index is -0.292. The van der Waals surface area contributed by atoms with E-state index in [-0.39, 0.29) is 11.2 Å². The number of carbonyl (C=O) groups is 2. The highest BCUT2D eigenvalue weighted by atomic mass is 16.1. The predicted octanol–water partition coefficient (Wildman–Crippen LogP) is 1.58. The van der Waals surface area contributed by atoms with E-state index in [1.807, 2.05) is 6.92 Å². The largest absolute Gasteiger partial charge is 0.300 e. The Morgan fingerprint density at radius 3 is 2.75 bits per heavy atom. The summed E-state index contributed by atoms with van der Waals surface area (Å²) < 4.78 is 0. The molecule has 0 amide bonds. The Morgan fingerprint density at radius 2 is 2.33 bits per heavy atom. The molecule has 3 unspecified atom stereocenters. The summed E-state index contributed by atoms with van der Waals surface area (Å²) in [7, 11) is 0. The lowest BCUT2D eigenvalue weighted by molar-refractivity contribution is -0.131. The van der Waals surface area contributed by atoms with Gasteiger partial charge in [0.1, 0.15) is 11.6 Å². The second-order valence-electron chi connectivity index (χ2n) is 4.61. The first-order chi connectivity index (χ1) is 5.53. The minimum absolute atomic E-state index is 0.146. The van der Waals surface area contributed by atoms with Gasteiger partial charge in [-0.3, -0.25) is 9.59 Å². The van der Waals surface area contributed by atoms with Crippen molar-refractivity contribution in [2.75, 3.05) is 0 Å². The van der Waals surface area contributed by atoms with Crippen molar-refractivity contribution in [1.29, 1.82) is 0 Å². The molecule has 0 radical (unpaired) electrons. The van der Waals surface area contributed by atoms with Gasteiger partial charge in [0.05, 0.1) is 0 Å². The molecule has 0 aromatic carbocycles. The van der Waals surface area contributed by atoms with Crippen LogP contribution in [0.25, 0.3) is 0 Å². The summed E-state index contributed by atoms with van der Waals surface area (Å²) in [5.41, 5.74) is -0.292. The molecule has 66 valence electrons. The van der Waals surface area contributed by atoms with Crippen molar-refractivity contribution in [1.82, 2.24) is 0 Å². The van der Waals surface area contributed by atoms with E-state index in [1.54, 1.807) is 6.92 Å². The van der Waals surface area contributed by atoms with Crippen LogP contribution in [-0.4, -0.2) is 11.6 Å². The number of fused-ring (bicyclic) bond motifs is 1. The average molecular weight is 166 g/mol. The van der Waals surface area contributed by atoms with Crippen LogP contribution >= 0.6 is 0 Å². The molecule has 0 heterocycles. The monoisotopic (exact) mass is 166 g/mol. The van der Waals surface area contributed by atoms with Gasteiger partial charge in [-0.25, -0.2) is 0 Å². The molecule has 0 aromatic heterocycles. The second-order valence-corrected chi connectivity index (χ2v) is 4.61. The van der Waals surface area contributed by atoms with Crippen LogP contribution in [0.3, 0.4) is 0 Å². The minimum Gasteiger partial charge on any atom is -0.300 e. The van der Waals surface area contributed by atoms with Gasteiger partial charge in [0, 0.05) is 17.8 Å². The zero-order valence-electron chi connectivity index (χ0n) is 7.59. The summed E-state index contributed by atoms with van der Waals surface area (Å²) in [6.07, 6.45) is 2.50. The zero-order chi connectivity index (χ0) is 8.93. The predicted molar refractivity (Wildman–Crippen MR) is 44.6 cm³/mol. The lowest BCUT2D eigenvalue weighted by atomic mass is 9.80. The number of hydrogen-bond acceptors (Lipinski definition) is 2. The van der Waals surface area contributed by atoms with Gasteiger partial charge in [0.2, 0.25) is 0 Å². The molecule has 0 bridgehead atoms. The van der Waals surface area contributed by atoms with Gasteiger partial charge in [-0.2, -0.15) is 0 Å². The lowest BCUT2D eigenvalue weighted by Gasteiger charge is -2.22. The van der Waals surface area contributed by atoms with Crippen LogP contribution in [0.4, 0.5) is 0 Å². The molecule has 2 aliphatic rings. The topological polar surface area (TPSA) is 34.1 Å². The van der Waals surface area contributed by atoms with Gasteiger partial charge in [0.25, 0.3) is 0 Å². The highest BCUT2D eigenvalue weighted by Gasteiger charge is 2.58. The second kappa shape index (κ2) is 2.18. The molecule has 2 nitrogen and oxygen atoms in total.